The van der Waals surface area contributed by atoms with Crippen LogP contribution in [0.2, 0.25) is 0 Å². The van der Waals surface area contributed by atoms with Gasteiger partial charge in [-0.3, -0.25) is 9.59 Å². The number of hydrogen-bond donors (Lipinski definition) is 3. The fourth-order valence-corrected chi connectivity index (χ4v) is 2.11. The molecule has 0 fully saturated rings. The summed E-state index contributed by atoms with van der Waals surface area (Å²) in [5.74, 6) is -0.582. The van der Waals surface area contributed by atoms with Gasteiger partial charge in [-0.05, 0) is 24.6 Å². The molecule has 1 heterocycles. The number of aromatic amines is 1. The van der Waals surface area contributed by atoms with Gasteiger partial charge in [0, 0.05) is 11.9 Å². The van der Waals surface area contributed by atoms with Crippen LogP contribution in [0.5, 0.6) is 0 Å². The predicted molar refractivity (Wildman–Crippen MR) is 75.4 cm³/mol. The molecule has 0 aliphatic carbocycles. The highest BCUT2D eigenvalue weighted by Crippen LogP contribution is 2.19. The van der Waals surface area contributed by atoms with Crippen molar-refractivity contribution in [1.82, 2.24) is 9.97 Å². The zero-order chi connectivity index (χ0) is 15.6. The van der Waals surface area contributed by atoms with Crippen LogP contribution < -0.4 is 16.0 Å². The van der Waals surface area contributed by atoms with Gasteiger partial charge in [0.2, 0.25) is 10.0 Å². The van der Waals surface area contributed by atoms with Crippen LogP contribution >= 0.6 is 0 Å². The summed E-state index contributed by atoms with van der Waals surface area (Å²) >= 11 is 0. The van der Waals surface area contributed by atoms with Crippen molar-refractivity contribution in [3.63, 3.8) is 0 Å². The molecule has 1 aromatic carbocycles. The second kappa shape index (κ2) is 5.46. The van der Waals surface area contributed by atoms with Crippen molar-refractivity contribution in [3.05, 3.63) is 52.2 Å². The van der Waals surface area contributed by atoms with Crippen LogP contribution in [0.3, 0.4) is 0 Å². The van der Waals surface area contributed by atoms with Gasteiger partial charge in [-0.1, -0.05) is 6.07 Å². The van der Waals surface area contributed by atoms with Crippen LogP contribution in [0.4, 0.5) is 5.69 Å². The van der Waals surface area contributed by atoms with E-state index in [0.717, 1.165) is 12.4 Å². The molecule has 0 bridgehead atoms. The number of benzene rings is 1. The fourth-order valence-electron chi connectivity index (χ4n) is 1.57. The Morgan fingerprint density at radius 2 is 2.10 bits per heavy atom. The molecule has 0 aliphatic rings. The number of primary sulfonamides is 1. The maximum atomic E-state index is 12.0. The number of nitrogens with two attached hydrogens (primary N) is 1. The Morgan fingerprint density at radius 1 is 1.38 bits per heavy atom. The van der Waals surface area contributed by atoms with Gasteiger partial charge in [0.25, 0.3) is 11.5 Å². The first-order chi connectivity index (χ1) is 9.77. The van der Waals surface area contributed by atoms with Crippen LogP contribution in [-0.2, 0) is 10.0 Å². The van der Waals surface area contributed by atoms with E-state index in [0.29, 0.717) is 11.3 Å². The normalized spacial score (nSPS) is 11.1. The van der Waals surface area contributed by atoms with E-state index in [1.807, 2.05) is 0 Å². The molecule has 0 aliphatic heterocycles. The number of aryl methyl sites for hydroxylation is 1. The Hall–Kier alpha value is -2.52. The van der Waals surface area contributed by atoms with Crippen LogP contribution in [0.25, 0.3) is 0 Å². The zero-order valence-electron chi connectivity index (χ0n) is 11.0. The second-order valence-electron chi connectivity index (χ2n) is 4.27. The molecular weight excluding hydrogens is 296 g/mol. The van der Waals surface area contributed by atoms with Crippen LogP contribution in [0, 0.1) is 6.92 Å². The third-order valence-corrected chi connectivity index (χ3v) is 3.60. The number of hydrogen-bond acceptors (Lipinski definition) is 5. The second-order valence-corrected chi connectivity index (χ2v) is 5.83. The molecule has 21 heavy (non-hydrogen) atoms. The lowest BCUT2D eigenvalue weighted by Gasteiger charge is -2.09. The Kier molecular flexibility index (Phi) is 3.87. The van der Waals surface area contributed by atoms with Crippen molar-refractivity contribution in [2.24, 2.45) is 5.14 Å². The number of nitrogens with zero attached hydrogens (tertiary/aromatic N) is 1. The Balaban J connectivity index is 2.33. The van der Waals surface area contributed by atoms with E-state index >= 15 is 0 Å². The van der Waals surface area contributed by atoms with E-state index in [1.165, 1.54) is 18.2 Å². The number of sulfonamides is 1. The quantitative estimate of drug-likeness (QED) is 0.732. The van der Waals surface area contributed by atoms with Crippen molar-refractivity contribution < 1.29 is 13.2 Å². The molecule has 110 valence electrons. The maximum Gasteiger partial charge on any atom is 0.275 e. The van der Waals surface area contributed by atoms with Crippen molar-refractivity contribution >= 4 is 21.6 Å². The third-order valence-electron chi connectivity index (χ3n) is 2.69. The number of nitrogens with one attached hydrogen (secondary N) is 2. The predicted octanol–water partition coefficient (Wildman–Crippen LogP) is -0.0220. The molecule has 1 amide bonds. The lowest BCUT2D eigenvalue weighted by molar-refractivity contribution is 0.102. The molecule has 0 unspecified atom stereocenters. The monoisotopic (exact) mass is 308 g/mol. The number of carbonyl (C=O) groups is 1. The van der Waals surface area contributed by atoms with Gasteiger partial charge in [-0.25, -0.2) is 18.5 Å². The Morgan fingerprint density at radius 3 is 2.67 bits per heavy atom. The van der Waals surface area contributed by atoms with Crippen LogP contribution in [-0.4, -0.2) is 24.3 Å². The molecule has 2 rings (SSSR count). The topological polar surface area (TPSA) is 135 Å². The fraction of sp³-hybridized carbons (Fsp3) is 0.0833. The number of carbonyl (C=O) groups excluding carboxylic acids is 1. The highest BCUT2D eigenvalue weighted by molar-refractivity contribution is 7.89. The standard InChI is InChI=1S/C12H12N4O4S/c1-7-2-3-8(21(13,19)20)4-9(7)16-12(18)10-5-15-11(17)6-14-10/h2-6H,1H3,(H,15,17)(H,16,18)(H2,13,19,20). The van der Waals surface area contributed by atoms with E-state index in [2.05, 4.69) is 15.3 Å². The summed E-state index contributed by atoms with van der Waals surface area (Å²) < 4.78 is 22.6. The minimum atomic E-state index is -3.86. The number of anilines is 1. The zero-order valence-corrected chi connectivity index (χ0v) is 11.8. The molecular formula is C12H12N4O4S. The molecule has 9 heteroatoms. The molecule has 4 N–H and O–H groups in total. The van der Waals surface area contributed by atoms with Crippen molar-refractivity contribution in [2.45, 2.75) is 11.8 Å². The lowest BCUT2D eigenvalue weighted by Crippen LogP contribution is -2.18. The summed E-state index contributed by atoms with van der Waals surface area (Å²) in [5, 5.41) is 7.56. The lowest BCUT2D eigenvalue weighted by atomic mass is 10.2. The summed E-state index contributed by atoms with van der Waals surface area (Å²) in [6, 6.07) is 4.13. The van der Waals surface area contributed by atoms with Gasteiger partial charge in [0.1, 0.15) is 5.69 Å². The number of rotatable bonds is 3. The molecule has 0 saturated carbocycles. The van der Waals surface area contributed by atoms with E-state index in [1.54, 1.807) is 6.92 Å². The van der Waals surface area contributed by atoms with Gasteiger partial charge in [-0.2, -0.15) is 0 Å². The summed E-state index contributed by atoms with van der Waals surface area (Å²) in [5.41, 5.74) is 0.508. The first-order valence-corrected chi connectivity index (χ1v) is 7.31. The van der Waals surface area contributed by atoms with Crippen LogP contribution in [0.15, 0.2) is 40.3 Å². The van der Waals surface area contributed by atoms with E-state index in [-0.39, 0.29) is 10.6 Å². The van der Waals surface area contributed by atoms with Gasteiger partial charge in [0.05, 0.1) is 11.1 Å². The van der Waals surface area contributed by atoms with Crippen molar-refractivity contribution in [3.8, 4) is 0 Å². The number of aromatic nitrogens is 2. The first-order valence-electron chi connectivity index (χ1n) is 5.77. The smallest absolute Gasteiger partial charge is 0.275 e. The largest absolute Gasteiger partial charge is 0.325 e. The summed E-state index contributed by atoms with van der Waals surface area (Å²) in [6.45, 7) is 1.70. The minimum absolute atomic E-state index is 0.00462. The number of H-pyrrole nitrogens is 1. The van der Waals surface area contributed by atoms with E-state index < -0.39 is 21.5 Å². The summed E-state index contributed by atoms with van der Waals surface area (Å²) in [6.07, 6.45) is 2.14. The highest BCUT2D eigenvalue weighted by Gasteiger charge is 2.13. The minimum Gasteiger partial charge on any atom is -0.325 e. The molecule has 2 aromatic rings. The van der Waals surface area contributed by atoms with Crippen LogP contribution in [0.1, 0.15) is 16.1 Å². The van der Waals surface area contributed by atoms with E-state index in [9.17, 15) is 18.0 Å². The van der Waals surface area contributed by atoms with Gasteiger partial charge < -0.3 is 10.3 Å². The molecule has 0 atom stereocenters. The maximum absolute atomic E-state index is 12.0. The van der Waals surface area contributed by atoms with Gasteiger partial charge >= 0.3 is 0 Å². The molecule has 0 radical (unpaired) electrons. The van der Waals surface area contributed by atoms with Gasteiger partial charge in [0.15, 0.2) is 0 Å². The highest BCUT2D eigenvalue weighted by atomic mass is 32.2. The molecule has 1 aromatic heterocycles. The SMILES string of the molecule is Cc1ccc(S(N)(=O)=O)cc1NC(=O)c1c[nH]c(=O)cn1. The van der Waals surface area contributed by atoms with E-state index in [4.69, 9.17) is 5.14 Å². The average Bonchev–Trinajstić information content (AvgIpc) is 2.40. The van der Waals surface area contributed by atoms with Crippen molar-refractivity contribution in [1.29, 1.82) is 0 Å². The third kappa shape index (κ3) is 3.52. The Bertz CT molecular complexity index is 837. The first kappa shape index (κ1) is 14.9. The summed E-state index contributed by atoms with van der Waals surface area (Å²) in [4.78, 5) is 28.7. The molecule has 0 spiro atoms. The number of amides is 1. The Labute approximate surface area is 120 Å². The summed E-state index contributed by atoms with van der Waals surface area (Å²) in [7, 11) is -3.86. The molecule has 8 nitrogen and oxygen atoms in total. The van der Waals surface area contributed by atoms with Gasteiger partial charge in [-0.15, -0.1) is 0 Å². The molecule has 0 saturated heterocycles. The van der Waals surface area contributed by atoms with Crippen molar-refractivity contribution in [2.75, 3.05) is 5.32 Å². The average molecular weight is 308 g/mol.